The second kappa shape index (κ2) is 4.99. The van der Waals surface area contributed by atoms with E-state index >= 15 is 0 Å². The molecule has 2 rings (SSSR count). The van der Waals surface area contributed by atoms with Crippen LogP contribution in [0.15, 0.2) is 60.6 Å². The maximum atomic E-state index is 5.73. The molecule has 0 fully saturated rings. The van der Waals surface area contributed by atoms with Crippen LogP contribution < -0.4 is 11.5 Å². The van der Waals surface area contributed by atoms with Crippen molar-refractivity contribution in [3.63, 3.8) is 0 Å². The van der Waals surface area contributed by atoms with Gasteiger partial charge in [0.15, 0.2) is 0 Å². The third-order valence-corrected chi connectivity index (χ3v) is 2.48. The van der Waals surface area contributed by atoms with Crippen LogP contribution in [0, 0.1) is 0 Å². The zero-order valence-corrected chi connectivity index (χ0v) is 9.54. The van der Waals surface area contributed by atoms with Crippen LogP contribution in [-0.4, -0.2) is 5.66 Å². The van der Waals surface area contributed by atoms with Crippen molar-refractivity contribution in [2.24, 2.45) is 11.5 Å². The van der Waals surface area contributed by atoms with Crippen molar-refractivity contribution in [1.82, 2.24) is 0 Å². The third-order valence-electron chi connectivity index (χ3n) is 2.48. The number of benzene rings is 1. The van der Waals surface area contributed by atoms with Gasteiger partial charge in [-0.2, -0.15) is 0 Å². The van der Waals surface area contributed by atoms with Crippen LogP contribution in [0.1, 0.15) is 12.0 Å². The molecule has 4 N–H and O–H groups in total. The maximum Gasteiger partial charge on any atom is 0.122 e. The van der Waals surface area contributed by atoms with Gasteiger partial charge in [0, 0.05) is 6.42 Å². The molecule has 0 amide bonds. The molecule has 0 saturated carbocycles. The lowest BCUT2D eigenvalue weighted by molar-refractivity contribution is 0.360. The summed E-state index contributed by atoms with van der Waals surface area (Å²) in [5, 5.41) is 0. The zero-order chi connectivity index (χ0) is 12.1. The fraction of sp³-hybridized carbons (Fsp3) is 0.143. The summed E-state index contributed by atoms with van der Waals surface area (Å²) >= 11 is 0. The van der Waals surface area contributed by atoms with E-state index in [4.69, 9.17) is 16.2 Å². The molecule has 3 heteroatoms. The summed E-state index contributed by atoms with van der Waals surface area (Å²) in [6.07, 6.45) is 9.57. The average Bonchev–Trinajstić information content (AvgIpc) is 2.33. The highest BCUT2D eigenvalue weighted by atomic mass is 16.5. The summed E-state index contributed by atoms with van der Waals surface area (Å²) < 4.78 is 5.46. The highest BCUT2D eigenvalue weighted by Crippen LogP contribution is 2.15. The lowest BCUT2D eigenvalue weighted by Crippen LogP contribution is -2.47. The molecule has 3 nitrogen and oxygen atoms in total. The predicted octanol–water partition coefficient (Wildman–Crippen LogP) is 2.13. The Hall–Kier alpha value is -1.84. The number of ether oxygens (including phenoxy) is 1. The number of hydrogen-bond acceptors (Lipinski definition) is 3. The van der Waals surface area contributed by atoms with E-state index in [9.17, 15) is 0 Å². The Morgan fingerprint density at radius 3 is 2.59 bits per heavy atom. The number of rotatable bonds is 3. The number of hydrogen-bond donors (Lipinski definition) is 2. The lowest BCUT2D eigenvalue weighted by atomic mass is 10.0. The van der Waals surface area contributed by atoms with Crippen LogP contribution in [0.3, 0.4) is 0 Å². The number of allylic oxidation sites excluding steroid dienone is 1. The first-order chi connectivity index (χ1) is 8.16. The molecule has 1 aliphatic rings. The maximum absolute atomic E-state index is 5.73. The topological polar surface area (TPSA) is 61.3 Å². The molecule has 0 bridgehead atoms. The van der Waals surface area contributed by atoms with Crippen molar-refractivity contribution >= 4 is 6.08 Å². The monoisotopic (exact) mass is 228 g/mol. The van der Waals surface area contributed by atoms with E-state index < -0.39 is 5.66 Å². The van der Waals surface area contributed by atoms with Crippen molar-refractivity contribution in [2.45, 2.75) is 12.1 Å². The molecule has 0 unspecified atom stereocenters. The second-order valence-electron chi connectivity index (χ2n) is 4.09. The Balaban J connectivity index is 1.90. The summed E-state index contributed by atoms with van der Waals surface area (Å²) in [6, 6.07) is 9.96. The molecule has 0 heterocycles. The molecular formula is C14H16N2O. The normalized spacial score (nSPS) is 18.1. The summed E-state index contributed by atoms with van der Waals surface area (Å²) in [7, 11) is 0. The van der Waals surface area contributed by atoms with Crippen molar-refractivity contribution < 1.29 is 4.74 Å². The van der Waals surface area contributed by atoms with Crippen LogP contribution in [0.2, 0.25) is 0 Å². The van der Waals surface area contributed by atoms with Gasteiger partial charge in [0.1, 0.15) is 5.76 Å². The van der Waals surface area contributed by atoms with Gasteiger partial charge in [-0.25, -0.2) is 0 Å². The van der Waals surface area contributed by atoms with E-state index in [0.717, 1.165) is 11.3 Å². The summed E-state index contributed by atoms with van der Waals surface area (Å²) in [5.74, 6) is 0.767. The molecular weight excluding hydrogens is 212 g/mol. The van der Waals surface area contributed by atoms with E-state index in [-0.39, 0.29) is 0 Å². The molecule has 1 aromatic rings. The molecule has 0 radical (unpaired) electrons. The Labute approximate surface area is 101 Å². The van der Waals surface area contributed by atoms with Gasteiger partial charge in [-0.15, -0.1) is 0 Å². The largest absolute Gasteiger partial charge is 0.465 e. The van der Waals surface area contributed by atoms with E-state index in [1.54, 1.807) is 18.4 Å². The molecule has 0 aromatic heterocycles. The quantitative estimate of drug-likeness (QED) is 0.615. The van der Waals surface area contributed by atoms with Gasteiger partial charge in [0.05, 0.1) is 11.9 Å². The van der Waals surface area contributed by atoms with Crippen molar-refractivity contribution in [1.29, 1.82) is 0 Å². The molecule has 88 valence electrons. The van der Waals surface area contributed by atoms with Gasteiger partial charge in [0.2, 0.25) is 0 Å². The van der Waals surface area contributed by atoms with E-state index in [1.807, 2.05) is 42.5 Å². The summed E-state index contributed by atoms with van der Waals surface area (Å²) in [4.78, 5) is 0. The zero-order valence-electron chi connectivity index (χ0n) is 9.54. The van der Waals surface area contributed by atoms with Crippen LogP contribution in [0.25, 0.3) is 6.08 Å². The minimum absolute atomic E-state index is 0.581. The highest BCUT2D eigenvalue weighted by molar-refractivity contribution is 5.47. The van der Waals surface area contributed by atoms with Gasteiger partial charge in [-0.1, -0.05) is 30.3 Å². The highest BCUT2D eigenvalue weighted by Gasteiger charge is 2.16. The van der Waals surface area contributed by atoms with E-state index in [2.05, 4.69) is 0 Å². The Kier molecular flexibility index (Phi) is 3.42. The first-order valence-corrected chi connectivity index (χ1v) is 5.51. The molecule has 1 aliphatic carbocycles. The van der Waals surface area contributed by atoms with E-state index in [0.29, 0.717) is 6.42 Å². The third kappa shape index (κ3) is 3.59. The average molecular weight is 228 g/mol. The van der Waals surface area contributed by atoms with Crippen molar-refractivity contribution in [2.75, 3.05) is 0 Å². The lowest BCUT2D eigenvalue weighted by Gasteiger charge is -2.21. The van der Waals surface area contributed by atoms with Gasteiger partial charge in [-0.3, -0.25) is 0 Å². The first kappa shape index (κ1) is 11.6. The van der Waals surface area contributed by atoms with Gasteiger partial charge in [-0.05, 0) is 29.9 Å². The Morgan fingerprint density at radius 2 is 1.94 bits per heavy atom. The second-order valence-corrected chi connectivity index (χ2v) is 4.09. The van der Waals surface area contributed by atoms with Crippen LogP contribution >= 0.6 is 0 Å². The van der Waals surface area contributed by atoms with Crippen LogP contribution in [-0.2, 0) is 4.74 Å². The minimum Gasteiger partial charge on any atom is -0.465 e. The molecule has 17 heavy (non-hydrogen) atoms. The summed E-state index contributed by atoms with van der Waals surface area (Å²) in [6.45, 7) is 0. The SMILES string of the molecule is NC1(N)C=CC(OC=Cc2ccccc2)=CC1. The fourth-order valence-electron chi connectivity index (χ4n) is 1.49. The molecule has 1 aromatic carbocycles. The molecule has 0 spiro atoms. The molecule has 0 saturated heterocycles. The van der Waals surface area contributed by atoms with Gasteiger partial charge in [0.25, 0.3) is 0 Å². The van der Waals surface area contributed by atoms with Crippen molar-refractivity contribution in [3.05, 3.63) is 66.1 Å². The summed E-state index contributed by atoms with van der Waals surface area (Å²) in [5.41, 5.74) is 11.8. The smallest absolute Gasteiger partial charge is 0.122 e. The first-order valence-electron chi connectivity index (χ1n) is 5.51. The standard InChI is InChI=1S/C14H16N2O/c15-14(16)9-6-13(7-10-14)17-11-8-12-4-2-1-3-5-12/h1-9,11H,10,15-16H2. The van der Waals surface area contributed by atoms with Gasteiger partial charge >= 0.3 is 0 Å². The molecule has 0 atom stereocenters. The number of nitrogens with two attached hydrogens (primary N) is 2. The van der Waals surface area contributed by atoms with Crippen LogP contribution in [0.4, 0.5) is 0 Å². The Bertz CT molecular complexity index is 458. The molecule has 0 aliphatic heterocycles. The minimum atomic E-state index is -0.740. The van der Waals surface area contributed by atoms with E-state index in [1.165, 1.54) is 0 Å². The van der Waals surface area contributed by atoms with Crippen LogP contribution in [0.5, 0.6) is 0 Å². The predicted molar refractivity (Wildman–Crippen MR) is 69.5 cm³/mol. The van der Waals surface area contributed by atoms with Crippen molar-refractivity contribution in [3.8, 4) is 0 Å². The Morgan fingerprint density at radius 1 is 1.18 bits per heavy atom. The van der Waals surface area contributed by atoms with Gasteiger partial charge < -0.3 is 16.2 Å². The fourth-order valence-corrected chi connectivity index (χ4v) is 1.49.